The zero-order valence-corrected chi connectivity index (χ0v) is 8.78. The van der Waals surface area contributed by atoms with E-state index in [1.165, 1.54) is 19.3 Å². The standard InChI is InChI=1S/C12H16N2O/c15-12(11-7-2-1-3-8-11)14-13-9-10-5-4-6-10/h1-2,8-10H,3-7H2,(H,14,15)/b13-9-. The van der Waals surface area contributed by atoms with Gasteiger partial charge in [0.25, 0.3) is 5.91 Å². The summed E-state index contributed by atoms with van der Waals surface area (Å²) in [6.07, 6.45) is 13.2. The Morgan fingerprint density at radius 3 is 2.93 bits per heavy atom. The van der Waals surface area contributed by atoms with E-state index in [-0.39, 0.29) is 5.91 Å². The summed E-state index contributed by atoms with van der Waals surface area (Å²) in [5, 5.41) is 3.98. The van der Waals surface area contributed by atoms with Gasteiger partial charge in [-0.3, -0.25) is 4.79 Å². The number of amides is 1. The second-order valence-electron chi connectivity index (χ2n) is 4.05. The minimum absolute atomic E-state index is 0.0603. The Morgan fingerprint density at radius 1 is 1.47 bits per heavy atom. The first kappa shape index (κ1) is 10.1. The van der Waals surface area contributed by atoms with Crippen LogP contribution in [0, 0.1) is 5.92 Å². The average molecular weight is 204 g/mol. The van der Waals surface area contributed by atoms with E-state index < -0.39 is 0 Å². The van der Waals surface area contributed by atoms with Gasteiger partial charge in [0.1, 0.15) is 0 Å². The molecular weight excluding hydrogens is 188 g/mol. The van der Waals surface area contributed by atoms with E-state index in [9.17, 15) is 4.79 Å². The summed E-state index contributed by atoms with van der Waals surface area (Å²) in [4.78, 5) is 11.6. The van der Waals surface area contributed by atoms with Crippen molar-refractivity contribution >= 4 is 12.1 Å². The summed E-state index contributed by atoms with van der Waals surface area (Å²) in [5.41, 5.74) is 3.40. The molecule has 0 aromatic carbocycles. The number of nitrogens with zero attached hydrogens (tertiary/aromatic N) is 1. The van der Waals surface area contributed by atoms with E-state index in [2.05, 4.69) is 16.6 Å². The van der Waals surface area contributed by atoms with E-state index in [4.69, 9.17) is 0 Å². The number of rotatable bonds is 3. The Balaban J connectivity index is 1.76. The lowest BCUT2D eigenvalue weighted by molar-refractivity contribution is -0.117. The number of hydrogen-bond donors (Lipinski definition) is 1. The first-order valence-corrected chi connectivity index (χ1v) is 5.54. The zero-order valence-electron chi connectivity index (χ0n) is 8.78. The lowest BCUT2D eigenvalue weighted by atomic mass is 9.87. The van der Waals surface area contributed by atoms with Crippen molar-refractivity contribution in [1.29, 1.82) is 0 Å². The lowest BCUT2D eigenvalue weighted by Gasteiger charge is -2.20. The molecule has 0 unspecified atom stereocenters. The molecule has 1 amide bonds. The molecule has 3 nitrogen and oxygen atoms in total. The van der Waals surface area contributed by atoms with Crippen LogP contribution in [0.1, 0.15) is 32.1 Å². The summed E-state index contributed by atoms with van der Waals surface area (Å²) in [7, 11) is 0. The van der Waals surface area contributed by atoms with E-state index in [1.807, 2.05) is 18.4 Å². The highest BCUT2D eigenvalue weighted by atomic mass is 16.2. The summed E-state index contributed by atoms with van der Waals surface area (Å²) in [6.45, 7) is 0. The van der Waals surface area contributed by atoms with Crippen LogP contribution in [0.3, 0.4) is 0 Å². The van der Waals surface area contributed by atoms with Crippen molar-refractivity contribution in [2.24, 2.45) is 11.0 Å². The highest BCUT2D eigenvalue weighted by molar-refractivity contribution is 5.94. The van der Waals surface area contributed by atoms with Crippen molar-refractivity contribution in [3.8, 4) is 0 Å². The van der Waals surface area contributed by atoms with Gasteiger partial charge in [-0.1, -0.05) is 24.6 Å². The number of hydrazone groups is 1. The third-order valence-electron chi connectivity index (χ3n) is 2.90. The molecule has 80 valence electrons. The predicted molar refractivity (Wildman–Crippen MR) is 60.4 cm³/mol. The largest absolute Gasteiger partial charge is 0.268 e. The molecule has 0 aliphatic heterocycles. The van der Waals surface area contributed by atoms with Gasteiger partial charge in [0.15, 0.2) is 0 Å². The molecule has 2 aliphatic rings. The van der Waals surface area contributed by atoms with Gasteiger partial charge in [0.2, 0.25) is 0 Å². The molecule has 0 aromatic heterocycles. The highest BCUT2D eigenvalue weighted by Crippen LogP contribution is 2.23. The normalized spacial score (nSPS) is 21.2. The van der Waals surface area contributed by atoms with Crippen LogP contribution in [0.4, 0.5) is 0 Å². The molecule has 0 spiro atoms. The molecular formula is C12H16N2O. The first-order valence-electron chi connectivity index (χ1n) is 5.54. The predicted octanol–water partition coefficient (Wildman–Crippen LogP) is 2.16. The molecule has 0 atom stereocenters. The average Bonchev–Trinajstić information content (AvgIpc) is 2.23. The van der Waals surface area contributed by atoms with Gasteiger partial charge < -0.3 is 0 Å². The third-order valence-corrected chi connectivity index (χ3v) is 2.90. The zero-order chi connectivity index (χ0) is 10.5. The van der Waals surface area contributed by atoms with Crippen LogP contribution in [0.15, 0.2) is 28.9 Å². The van der Waals surface area contributed by atoms with Gasteiger partial charge >= 0.3 is 0 Å². The maximum atomic E-state index is 11.6. The van der Waals surface area contributed by atoms with Crippen molar-refractivity contribution in [2.45, 2.75) is 32.1 Å². The molecule has 0 radical (unpaired) electrons. The number of carbonyl (C=O) groups excluding carboxylic acids is 1. The van der Waals surface area contributed by atoms with Gasteiger partial charge in [-0.2, -0.15) is 5.10 Å². The number of allylic oxidation sites excluding steroid dienone is 3. The number of nitrogens with one attached hydrogen (secondary N) is 1. The monoisotopic (exact) mass is 204 g/mol. The fourth-order valence-corrected chi connectivity index (χ4v) is 1.65. The Bertz CT molecular complexity index is 325. The molecule has 0 bridgehead atoms. The Hall–Kier alpha value is -1.38. The van der Waals surface area contributed by atoms with Crippen LogP contribution in [0.25, 0.3) is 0 Å². The molecule has 0 aromatic rings. The molecule has 0 heterocycles. The molecule has 1 fully saturated rings. The Kier molecular flexibility index (Phi) is 3.33. The van der Waals surface area contributed by atoms with E-state index in [1.54, 1.807) is 0 Å². The van der Waals surface area contributed by atoms with Crippen LogP contribution >= 0.6 is 0 Å². The second-order valence-corrected chi connectivity index (χ2v) is 4.05. The van der Waals surface area contributed by atoms with Gasteiger partial charge in [-0.15, -0.1) is 0 Å². The quantitative estimate of drug-likeness (QED) is 0.427. The van der Waals surface area contributed by atoms with Crippen LogP contribution in [-0.4, -0.2) is 12.1 Å². The highest BCUT2D eigenvalue weighted by Gasteiger charge is 2.14. The molecule has 1 N–H and O–H groups in total. The van der Waals surface area contributed by atoms with Crippen LogP contribution in [-0.2, 0) is 4.79 Å². The second kappa shape index (κ2) is 4.91. The minimum Gasteiger partial charge on any atom is -0.268 e. The summed E-state index contributed by atoms with van der Waals surface area (Å²) in [5.74, 6) is 0.528. The Morgan fingerprint density at radius 2 is 2.33 bits per heavy atom. The van der Waals surface area contributed by atoms with Gasteiger partial charge in [0, 0.05) is 11.8 Å². The maximum Gasteiger partial charge on any atom is 0.267 e. The molecule has 3 heteroatoms. The molecule has 1 saturated carbocycles. The first-order chi connectivity index (χ1) is 7.36. The molecule has 2 rings (SSSR count). The van der Waals surface area contributed by atoms with Crippen molar-refractivity contribution in [3.05, 3.63) is 23.8 Å². The van der Waals surface area contributed by atoms with E-state index >= 15 is 0 Å². The van der Waals surface area contributed by atoms with Crippen LogP contribution < -0.4 is 5.43 Å². The van der Waals surface area contributed by atoms with Gasteiger partial charge in [-0.05, 0) is 31.6 Å². The molecule has 15 heavy (non-hydrogen) atoms. The minimum atomic E-state index is -0.0603. The summed E-state index contributed by atoms with van der Waals surface area (Å²) >= 11 is 0. The lowest BCUT2D eigenvalue weighted by Crippen LogP contribution is -2.22. The number of hydrogen-bond acceptors (Lipinski definition) is 2. The smallest absolute Gasteiger partial charge is 0.267 e. The van der Waals surface area contributed by atoms with Crippen molar-refractivity contribution < 1.29 is 4.79 Å². The van der Waals surface area contributed by atoms with E-state index in [0.29, 0.717) is 5.92 Å². The molecule has 0 saturated heterocycles. The van der Waals surface area contributed by atoms with E-state index in [0.717, 1.165) is 18.4 Å². The fraction of sp³-hybridized carbons (Fsp3) is 0.500. The summed E-state index contributed by atoms with van der Waals surface area (Å²) in [6, 6.07) is 0. The third kappa shape index (κ3) is 2.78. The fourth-order valence-electron chi connectivity index (χ4n) is 1.65. The van der Waals surface area contributed by atoms with Gasteiger partial charge in [-0.25, -0.2) is 5.43 Å². The maximum absolute atomic E-state index is 11.6. The van der Waals surface area contributed by atoms with Crippen LogP contribution in [0.2, 0.25) is 0 Å². The topological polar surface area (TPSA) is 41.5 Å². The van der Waals surface area contributed by atoms with Gasteiger partial charge in [0.05, 0.1) is 0 Å². The van der Waals surface area contributed by atoms with Crippen LogP contribution in [0.5, 0.6) is 0 Å². The summed E-state index contributed by atoms with van der Waals surface area (Å²) < 4.78 is 0. The number of carbonyl (C=O) groups is 1. The SMILES string of the molecule is O=C(N/N=C\C1CCC1)C1=CCC=CC1. The van der Waals surface area contributed by atoms with Crippen molar-refractivity contribution in [3.63, 3.8) is 0 Å². The molecule has 2 aliphatic carbocycles. The van der Waals surface area contributed by atoms with Crippen molar-refractivity contribution in [2.75, 3.05) is 0 Å². The van der Waals surface area contributed by atoms with Crippen molar-refractivity contribution in [1.82, 2.24) is 5.43 Å². The Labute approximate surface area is 89.9 Å².